The van der Waals surface area contributed by atoms with Gasteiger partial charge in [0.15, 0.2) is 0 Å². The van der Waals surface area contributed by atoms with Gasteiger partial charge in [-0.25, -0.2) is 0 Å². The van der Waals surface area contributed by atoms with E-state index in [0.717, 1.165) is 16.0 Å². The molecule has 1 atom stereocenters. The Morgan fingerprint density at radius 2 is 1.56 bits per heavy atom. The number of carbonyl (C=O) groups excluding carboxylic acids is 3. The Morgan fingerprint density at radius 3 is 2.26 bits per heavy atom. The lowest BCUT2D eigenvalue weighted by Gasteiger charge is -2.16. The highest BCUT2D eigenvalue weighted by Gasteiger charge is 2.18. The van der Waals surface area contributed by atoms with Crippen molar-refractivity contribution in [3.05, 3.63) is 119 Å². The highest BCUT2D eigenvalue weighted by Crippen LogP contribution is 2.31. The molecule has 3 N–H and O–H groups in total. The lowest BCUT2D eigenvalue weighted by molar-refractivity contribution is -0.115. The van der Waals surface area contributed by atoms with Crippen molar-refractivity contribution in [3.63, 3.8) is 0 Å². The number of carbonyl (C=O) groups is 3. The van der Waals surface area contributed by atoms with Crippen molar-refractivity contribution in [1.82, 2.24) is 5.32 Å². The zero-order valence-electron chi connectivity index (χ0n) is 24.3. The first kappa shape index (κ1) is 30.9. The number of anilines is 2. The third-order valence-corrected chi connectivity index (χ3v) is 7.45. The Bertz CT molecular complexity index is 1620. The highest BCUT2D eigenvalue weighted by molar-refractivity contribution is 8.00. The topological polar surface area (TPSA) is 106 Å². The van der Waals surface area contributed by atoms with Crippen molar-refractivity contribution in [2.24, 2.45) is 0 Å². The summed E-state index contributed by atoms with van der Waals surface area (Å²) in [5.74, 6) is 0.0158. The van der Waals surface area contributed by atoms with Gasteiger partial charge in [-0.3, -0.25) is 14.4 Å². The number of benzene rings is 4. The van der Waals surface area contributed by atoms with Crippen molar-refractivity contribution >= 4 is 46.9 Å². The molecule has 0 heterocycles. The summed E-state index contributed by atoms with van der Waals surface area (Å²) in [7, 11) is 3.08. The van der Waals surface area contributed by atoms with Crippen LogP contribution in [-0.4, -0.2) is 37.2 Å². The SMILES string of the molecule is COc1ccc(NC(=O)C(C)Sc2cccc(NC(=O)/C(=C/c3ccc(C)cc3)NC(=O)c3ccccc3)c2)c(OC)c1. The van der Waals surface area contributed by atoms with Crippen LogP contribution in [0.1, 0.15) is 28.4 Å². The fourth-order valence-electron chi connectivity index (χ4n) is 4.01. The monoisotopic (exact) mass is 595 g/mol. The van der Waals surface area contributed by atoms with Gasteiger partial charge in [-0.15, -0.1) is 11.8 Å². The first-order valence-corrected chi connectivity index (χ1v) is 14.4. The molecule has 0 aliphatic rings. The predicted octanol–water partition coefficient (Wildman–Crippen LogP) is 6.54. The van der Waals surface area contributed by atoms with E-state index in [1.54, 1.807) is 80.8 Å². The smallest absolute Gasteiger partial charge is 0.272 e. The first-order chi connectivity index (χ1) is 20.7. The Kier molecular flexibility index (Phi) is 10.6. The number of hydrogen-bond acceptors (Lipinski definition) is 6. The summed E-state index contributed by atoms with van der Waals surface area (Å²) in [5.41, 5.74) is 3.42. The largest absolute Gasteiger partial charge is 0.497 e. The van der Waals surface area contributed by atoms with Crippen LogP contribution in [-0.2, 0) is 9.59 Å². The van der Waals surface area contributed by atoms with Gasteiger partial charge in [0.1, 0.15) is 17.2 Å². The summed E-state index contributed by atoms with van der Waals surface area (Å²) in [6, 6.07) is 28.7. The molecule has 0 aliphatic heterocycles. The highest BCUT2D eigenvalue weighted by atomic mass is 32.2. The van der Waals surface area contributed by atoms with Gasteiger partial charge >= 0.3 is 0 Å². The van der Waals surface area contributed by atoms with Gasteiger partial charge in [-0.05, 0) is 68.0 Å². The zero-order valence-corrected chi connectivity index (χ0v) is 25.2. The molecule has 9 heteroatoms. The Morgan fingerprint density at radius 1 is 0.814 bits per heavy atom. The van der Waals surface area contributed by atoms with Gasteiger partial charge in [0.25, 0.3) is 11.8 Å². The van der Waals surface area contributed by atoms with Crippen LogP contribution in [0.5, 0.6) is 11.5 Å². The number of thioether (sulfide) groups is 1. The van der Waals surface area contributed by atoms with Crippen molar-refractivity contribution in [2.75, 3.05) is 24.9 Å². The summed E-state index contributed by atoms with van der Waals surface area (Å²) in [4.78, 5) is 40.1. The van der Waals surface area contributed by atoms with Gasteiger partial charge in [-0.2, -0.15) is 0 Å². The lowest BCUT2D eigenvalue weighted by atomic mass is 10.1. The second kappa shape index (κ2) is 14.7. The van der Waals surface area contributed by atoms with Crippen LogP contribution in [0, 0.1) is 6.92 Å². The van der Waals surface area contributed by atoms with Crippen LogP contribution in [0.4, 0.5) is 11.4 Å². The molecule has 0 saturated heterocycles. The molecule has 0 saturated carbocycles. The maximum atomic E-state index is 13.4. The third kappa shape index (κ3) is 8.73. The zero-order chi connectivity index (χ0) is 30.8. The maximum Gasteiger partial charge on any atom is 0.272 e. The Balaban J connectivity index is 1.47. The minimum Gasteiger partial charge on any atom is -0.497 e. The Labute approximate surface area is 255 Å². The molecular formula is C34H33N3O5S. The van der Waals surface area contributed by atoms with Crippen LogP contribution < -0.4 is 25.4 Å². The molecule has 8 nitrogen and oxygen atoms in total. The molecule has 0 bridgehead atoms. The normalized spacial score (nSPS) is 11.7. The van der Waals surface area contributed by atoms with E-state index in [4.69, 9.17) is 9.47 Å². The molecule has 1 unspecified atom stereocenters. The van der Waals surface area contributed by atoms with E-state index < -0.39 is 17.1 Å². The van der Waals surface area contributed by atoms with E-state index in [1.165, 1.54) is 18.9 Å². The second-order valence-electron chi connectivity index (χ2n) is 9.59. The molecule has 0 aromatic heterocycles. The van der Waals surface area contributed by atoms with Crippen LogP contribution in [0.2, 0.25) is 0 Å². The van der Waals surface area contributed by atoms with Crippen LogP contribution in [0.15, 0.2) is 108 Å². The molecular weight excluding hydrogens is 562 g/mol. The fraction of sp³-hybridized carbons (Fsp3) is 0.147. The second-order valence-corrected chi connectivity index (χ2v) is 11.0. The standard InChI is InChI=1S/C34H33N3O5S/c1-22-13-15-24(16-14-22)19-30(37-33(39)25-9-6-5-7-10-25)34(40)35-26-11-8-12-28(20-26)43-23(2)32(38)36-29-18-17-27(41-3)21-31(29)42-4/h5-21,23H,1-4H3,(H,35,40)(H,36,38)(H,37,39)/b30-19-. The molecule has 0 aliphatic carbocycles. The number of hydrogen-bond donors (Lipinski definition) is 3. The van der Waals surface area contributed by atoms with E-state index in [1.807, 2.05) is 43.3 Å². The summed E-state index contributed by atoms with van der Waals surface area (Å²) < 4.78 is 10.6. The minimum atomic E-state index is -0.482. The molecule has 220 valence electrons. The van der Waals surface area contributed by atoms with Crippen LogP contribution in [0.25, 0.3) is 6.08 Å². The van der Waals surface area contributed by atoms with Gasteiger partial charge in [0, 0.05) is 22.2 Å². The number of rotatable bonds is 11. The van der Waals surface area contributed by atoms with Gasteiger partial charge in [0.05, 0.1) is 25.2 Å². The van der Waals surface area contributed by atoms with Crippen molar-refractivity contribution < 1.29 is 23.9 Å². The van der Waals surface area contributed by atoms with Crippen LogP contribution >= 0.6 is 11.8 Å². The number of methoxy groups -OCH3 is 2. The molecule has 0 radical (unpaired) electrons. The van der Waals surface area contributed by atoms with Crippen molar-refractivity contribution in [2.45, 2.75) is 24.0 Å². The molecule has 4 aromatic carbocycles. The minimum absolute atomic E-state index is 0.0944. The average molecular weight is 596 g/mol. The van der Waals surface area contributed by atoms with E-state index in [2.05, 4.69) is 16.0 Å². The first-order valence-electron chi connectivity index (χ1n) is 13.5. The van der Waals surface area contributed by atoms with E-state index in [-0.39, 0.29) is 11.6 Å². The third-order valence-electron chi connectivity index (χ3n) is 6.36. The van der Waals surface area contributed by atoms with E-state index in [9.17, 15) is 14.4 Å². The van der Waals surface area contributed by atoms with E-state index >= 15 is 0 Å². The maximum absolute atomic E-state index is 13.4. The number of nitrogens with one attached hydrogen (secondary N) is 3. The predicted molar refractivity (Wildman–Crippen MR) is 172 cm³/mol. The van der Waals surface area contributed by atoms with Gasteiger partial charge < -0.3 is 25.4 Å². The van der Waals surface area contributed by atoms with Crippen molar-refractivity contribution in [3.8, 4) is 11.5 Å². The summed E-state index contributed by atoms with van der Waals surface area (Å²) in [6.07, 6.45) is 1.63. The molecule has 4 rings (SSSR count). The molecule has 0 fully saturated rings. The van der Waals surface area contributed by atoms with E-state index in [0.29, 0.717) is 28.4 Å². The fourth-order valence-corrected chi connectivity index (χ4v) is 4.94. The van der Waals surface area contributed by atoms with Crippen LogP contribution in [0.3, 0.4) is 0 Å². The number of aryl methyl sites for hydroxylation is 1. The summed E-state index contributed by atoms with van der Waals surface area (Å²) in [5, 5.41) is 8.06. The molecule has 3 amide bonds. The number of ether oxygens (including phenoxy) is 2. The van der Waals surface area contributed by atoms with Gasteiger partial charge in [-0.1, -0.05) is 54.1 Å². The quantitative estimate of drug-likeness (QED) is 0.134. The molecule has 4 aromatic rings. The molecule has 0 spiro atoms. The number of amides is 3. The summed E-state index contributed by atoms with van der Waals surface area (Å²) >= 11 is 1.34. The van der Waals surface area contributed by atoms with Gasteiger partial charge in [0.2, 0.25) is 5.91 Å². The molecule has 43 heavy (non-hydrogen) atoms. The average Bonchev–Trinajstić information content (AvgIpc) is 3.02. The Hall–Kier alpha value is -5.02. The van der Waals surface area contributed by atoms with Crippen molar-refractivity contribution in [1.29, 1.82) is 0 Å². The lowest BCUT2D eigenvalue weighted by Crippen LogP contribution is -2.30. The summed E-state index contributed by atoms with van der Waals surface area (Å²) in [6.45, 7) is 3.77.